The lowest BCUT2D eigenvalue weighted by atomic mass is 9.88. The quantitative estimate of drug-likeness (QED) is 0.892. The van der Waals surface area contributed by atoms with E-state index in [0.717, 1.165) is 19.3 Å². The van der Waals surface area contributed by atoms with E-state index in [1.807, 2.05) is 0 Å². The summed E-state index contributed by atoms with van der Waals surface area (Å²) in [6.07, 6.45) is 4.74. The Morgan fingerprint density at radius 2 is 1.92 bits per heavy atom. The van der Waals surface area contributed by atoms with Crippen LogP contribution in [0.4, 0.5) is 5.82 Å². The third kappa shape index (κ3) is 3.47. The predicted octanol–water partition coefficient (Wildman–Crippen LogP) is 2.59. The smallest absolute Gasteiger partial charge is 0.244 e. The highest BCUT2D eigenvalue weighted by molar-refractivity contribution is 7.89. The van der Waals surface area contributed by atoms with Crippen LogP contribution in [0.3, 0.4) is 0 Å². The van der Waals surface area contributed by atoms with Crippen LogP contribution < -0.4 is 5.32 Å². The maximum absolute atomic E-state index is 12.7. The summed E-state index contributed by atoms with van der Waals surface area (Å²) in [5, 5.41) is 3.46. The van der Waals surface area contributed by atoms with Gasteiger partial charge in [-0.25, -0.2) is 13.4 Å². The number of sulfonamides is 1. The molecule has 4 rings (SSSR count). The number of fused-ring (bicyclic) bond motifs is 1. The number of aromatic nitrogens is 1. The second-order valence-electron chi connectivity index (χ2n) is 6.68. The summed E-state index contributed by atoms with van der Waals surface area (Å²) in [5.74, 6) is 0.702. The van der Waals surface area contributed by atoms with E-state index in [0.29, 0.717) is 32.1 Å². The minimum atomic E-state index is -3.50. The molecule has 2 aromatic rings. The summed E-state index contributed by atoms with van der Waals surface area (Å²) in [6.45, 7) is 1.66. The van der Waals surface area contributed by atoms with Gasteiger partial charge in [0.15, 0.2) is 0 Å². The molecule has 1 aliphatic heterocycles. The van der Waals surface area contributed by atoms with Crippen molar-refractivity contribution in [2.75, 3.05) is 31.6 Å². The van der Waals surface area contributed by atoms with Gasteiger partial charge in [-0.2, -0.15) is 4.31 Å². The van der Waals surface area contributed by atoms with Gasteiger partial charge in [-0.3, -0.25) is 0 Å². The lowest BCUT2D eigenvalue weighted by molar-refractivity contribution is 0.0730. The Hall–Kier alpha value is -1.96. The molecular formula is C19H23N3O3S. The summed E-state index contributed by atoms with van der Waals surface area (Å²) < 4.78 is 32.0. The van der Waals surface area contributed by atoms with Crippen LogP contribution in [0.1, 0.15) is 30.0 Å². The van der Waals surface area contributed by atoms with Gasteiger partial charge in [0, 0.05) is 19.3 Å². The normalized spacial score (nSPS) is 21.2. The first-order valence-corrected chi connectivity index (χ1v) is 10.5. The number of morpholine rings is 1. The van der Waals surface area contributed by atoms with Crippen LogP contribution >= 0.6 is 0 Å². The molecule has 1 atom stereocenters. The van der Waals surface area contributed by atoms with Crippen molar-refractivity contribution in [3.05, 3.63) is 53.7 Å². The lowest BCUT2D eigenvalue weighted by Gasteiger charge is -2.27. The molecule has 1 aliphatic carbocycles. The van der Waals surface area contributed by atoms with Gasteiger partial charge in [-0.1, -0.05) is 24.3 Å². The van der Waals surface area contributed by atoms with Crippen LogP contribution in [0.15, 0.2) is 47.5 Å². The fourth-order valence-corrected chi connectivity index (χ4v) is 4.99. The van der Waals surface area contributed by atoms with Gasteiger partial charge in [0.05, 0.1) is 19.3 Å². The zero-order valence-corrected chi connectivity index (χ0v) is 15.4. The fourth-order valence-electron chi connectivity index (χ4n) is 3.64. The molecule has 26 heavy (non-hydrogen) atoms. The lowest BCUT2D eigenvalue weighted by Crippen LogP contribution is -2.40. The third-order valence-corrected chi connectivity index (χ3v) is 6.92. The van der Waals surface area contributed by atoms with Crippen LogP contribution in [0.2, 0.25) is 0 Å². The molecule has 138 valence electrons. The highest BCUT2D eigenvalue weighted by Crippen LogP contribution is 2.32. The molecule has 7 heteroatoms. The Bertz CT molecular complexity index is 862. The van der Waals surface area contributed by atoms with Gasteiger partial charge in [0.25, 0.3) is 0 Å². The van der Waals surface area contributed by atoms with Crippen molar-refractivity contribution in [2.24, 2.45) is 0 Å². The van der Waals surface area contributed by atoms with Gasteiger partial charge >= 0.3 is 0 Å². The summed E-state index contributed by atoms with van der Waals surface area (Å²) >= 11 is 0. The molecule has 2 heterocycles. The van der Waals surface area contributed by atoms with Crippen molar-refractivity contribution in [3.8, 4) is 0 Å². The van der Waals surface area contributed by atoms with Crippen LogP contribution in [0, 0.1) is 0 Å². The van der Waals surface area contributed by atoms with Crippen LogP contribution in [-0.4, -0.2) is 44.0 Å². The van der Waals surface area contributed by atoms with Crippen molar-refractivity contribution < 1.29 is 13.2 Å². The number of anilines is 1. The van der Waals surface area contributed by atoms with Gasteiger partial charge in [-0.15, -0.1) is 0 Å². The van der Waals surface area contributed by atoms with Gasteiger partial charge in [0.2, 0.25) is 10.0 Å². The van der Waals surface area contributed by atoms with E-state index < -0.39 is 10.0 Å². The zero-order valence-electron chi connectivity index (χ0n) is 14.6. The number of rotatable bonds is 4. The first kappa shape index (κ1) is 17.5. The minimum Gasteiger partial charge on any atom is -0.379 e. The summed E-state index contributed by atoms with van der Waals surface area (Å²) in [4.78, 5) is 4.59. The third-order valence-electron chi connectivity index (χ3n) is 5.04. The Morgan fingerprint density at radius 3 is 2.69 bits per heavy atom. The fraction of sp³-hybridized carbons (Fsp3) is 0.421. The molecule has 0 saturated carbocycles. The highest BCUT2D eigenvalue weighted by Gasteiger charge is 2.27. The Balaban J connectivity index is 1.50. The number of ether oxygens (including phenoxy) is 1. The maximum atomic E-state index is 12.7. The van der Waals surface area contributed by atoms with E-state index in [9.17, 15) is 8.42 Å². The van der Waals surface area contributed by atoms with E-state index in [2.05, 4.69) is 34.6 Å². The zero-order chi connectivity index (χ0) is 18.0. The molecule has 2 aliphatic rings. The van der Waals surface area contributed by atoms with Crippen molar-refractivity contribution >= 4 is 15.8 Å². The summed E-state index contributed by atoms with van der Waals surface area (Å²) in [5.41, 5.74) is 2.69. The monoisotopic (exact) mass is 373 g/mol. The highest BCUT2D eigenvalue weighted by atomic mass is 32.2. The first-order valence-electron chi connectivity index (χ1n) is 9.03. The molecule has 1 saturated heterocycles. The van der Waals surface area contributed by atoms with E-state index >= 15 is 0 Å². The number of pyridine rings is 1. The Kier molecular flexibility index (Phi) is 4.93. The predicted molar refractivity (Wildman–Crippen MR) is 99.6 cm³/mol. The van der Waals surface area contributed by atoms with E-state index in [4.69, 9.17) is 4.74 Å². The Labute approximate surface area is 154 Å². The molecule has 6 nitrogen and oxygen atoms in total. The molecule has 1 aromatic carbocycles. The maximum Gasteiger partial charge on any atom is 0.244 e. The molecule has 0 amide bonds. The molecule has 1 aromatic heterocycles. The largest absolute Gasteiger partial charge is 0.379 e. The van der Waals surface area contributed by atoms with Crippen LogP contribution in [0.25, 0.3) is 0 Å². The van der Waals surface area contributed by atoms with E-state index in [1.54, 1.807) is 12.1 Å². The van der Waals surface area contributed by atoms with E-state index in [-0.39, 0.29) is 10.9 Å². The van der Waals surface area contributed by atoms with Gasteiger partial charge in [0.1, 0.15) is 10.7 Å². The average molecular weight is 373 g/mol. The van der Waals surface area contributed by atoms with Crippen LogP contribution in [-0.2, 0) is 21.2 Å². The average Bonchev–Trinajstić information content (AvgIpc) is 2.69. The van der Waals surface area contributed by atoms with Crippen molar-refractivity contribution in [1.82, 2.24) is 9.29 Å². The number of nitrogens with one attached hydrogen (secondary N) is 1. The number of benzene rings is 1. The SMILES string of the molecule is O=S(=O)(c1ccc(N[C@H]2CCCc3ccccc32)nc1)N1CCOCC1. The molecule has 1 fully saturated rings. The Morgan fingerprint density at radius 1 is 1.12 bits per heavy atom. The molecule has 0 bridgehead atoms. The molecule has 0 spiro atoms. The number of hydrogen-bond donors (Lipinski definition) is 1. The standard InChI is InChI=1S/C19H23N3O3S/c23-26(24,22-10-12-25-13-11-22)16-8-9-19(20-14-16)21-18-7-3-5-15-4-1-2-6-17(15)18/h1-2,4,6,8-9,14,18H,3,5,7,10-13H2,(H,20,21)/t18-/m0/s1. The summed E-state index contributed by atoms with van der Waals surface area (Å²) in [6, 6.07) is 12.1. The van der Waals surface area contributed by atoms with Crippen molar-refractivity contribution in [1.29, 1.82) is 0 Å². The van der Waals surface area contributed by atoms with Crippen LogP contribution in [0.5, 0.6) is 0 Å². The topological polar surface area (TPSA) is 71.5 Å². The second-order valence-corrected chi connectivity index (χ2v) is 8.62. The van der Waals surface area contributed by atoms with E-state index in [1.165, 1.54) is 21.6 Å². The molecular weight excluding hydrogens is 350 g/mol. The minimum absolute atomic E-state index is 0.217. The number of nitrogens with zero attached hydrogens (tertiary/aromatic N) is 2. The van der Waals surface area contributed by atoms with Gasteiger partial charge in [-0.05, 0) is 42.5 Å². The molecule has 1 N–H and O–H groups in total. The second kappa shape index (κ2) is 7.34. The van der Waals surface area contributed by atoms with Gasteiger partial charge < -0.3 is 10.1 Å². The molecule has 0 radical (unpaired) electrons. The first-order chi connectivity index (χ1) is 12.6. The molecule has 0 unspecified atom stereocenters. The van der Waals surface area contributed by atoms with Crippen molar-refractivity contribution in [2.45, 2.75) is 30.2 Å². The number of hydrogen-bond acceptors (Lipinski definition) is 5. The van der Waals surface area contributed by atoms with Crippen molar-refractivity contribution in [3.63, 3.8) is 0 Å². The summed E-state index contributed by atoms with van der Waals surface area (Å²) in [7, 11) is -3.50. The number of aryl methyl sites for hydroxylation is 1.